The Labute approximate surface area is 110 Å². The fraction of sp³-hybridized carbons (Fsp3) is 0.583. The first-order chi connectivity index (χ1) is 9.21. The largest absolute Gasteiger partial charge is 0.481 e. The number of nitrogens with zero attached hydrogens (tertiary/aromatic N) is 3. The third kappa shape index (κ3) is 2.05. The van der Waals surface area contributed by atoms with Crippen LogP contribution >= 0.6 is 0 Å². The van der Waals surface area contributed by atoms with E-state index in [1.165, 1.54) is 7.11 Å². The van der Waals surface area contributed by atoms with E-state index in [1.54, 1.807) is 13.2 Å². The third-order valence-electron chi connectivity index (χ3n) is 3.70. The molecule has 0 unspecified atom stereocenters. The Morgan fingerprint density at radius 3 is 2.84 bits per heavy atom. The van der Waals surface area contributed by atoms with Crippen molar-refractivity contribution in [3.63, 3.8) is 0 Å². The Balaban J connectivity index is 1.85. The number of amides is 1. The number of ether oxygens (including phenoxy) is 2. The van der Waals surface area contributed by atoms with E-state index >= 15 is 0 Å². The molecular weight excluding hydrogens is 248 g/mol. The average molecular weight is 264 g/mol. The minimum Gasteiger partial charge on any atom is -0.481 e. The predicted molar refractivity (Wildman–Crippen MR) is 67.3 cm³/mol. The number of carbonyl (C=O) groups excluding carboxylic acids is 1. The second-order valence-electron chi connectivity index (χ2n) is 4.77. The highest BCUT2D eigenvalue weighted by Crippen LogP contribution is 2.31. The molecule has 7 nitrogen and oxygen atoms in total. The number of hydrogen-bond acceptors (Lipinski definition) is 6. The molecule has 7 heteroatoms. The summed E-state index contributed by atoms with van der Waals surface area (Å²) >= 11 is 0. The molecule has 0 aromatic carbocycles. The van der Waals surface area contributed by atoms with Crippen LogP contribution < -0.4 is 19.7 Å². The minimum absolute atomic E-state index is 0.0620. The van der Waals surface area contributed by atoms with Crippen LogP contribution in [0.3, 0.4) is 0 Å². The van der Waals surface area contributed by atoms with Crippen LogP contribution in [0.25, 0.3) is 0 Å². The molecule has 3 rings (SSSR count). The number of methoxy groups -OCH3 is 2. The van der Waals surface area contributed by atoms with Gasteiger partial charge < -0.3 is 19.7 Å². The number of carbonyl (C=O) groups is 1. The van der Waals surface area contributed by atoms with Crippen LogP contribution in [0.1, 0.15) is 0 Å². The molecule has 0 radical (unpaired) electrons. The molecule has 0 spiro atoms. The van der Waals surface area contributed by atoms with Gasteiger partial charge in [-0.15, -0.1) is 0 Å². The molecular formula is C12H16N4O3. The number of hydrogen-bond donors (Lipinski definition) is 1. The average Bonchev–Trinajstić information content (AvgIpc) is 3.01. The van der Waals surface area contributed by atoms with E-state index in [0.29, 0.717) is 18.3 Å². The van der Waals surface area contributed by atoms with Gasteiger partial charge in [-0.1, -0.05) is 0 Å². The maximum Gasteiger partial charge on any atom is 0.321 e. The van der Waals surface area contributed by atoms with Gasteiger partial charge in [0.15, 0.2) is 0 Å². The molecule has 1 N–H and O–H groups in total. The van der Waals surface area contributed by atoms with Crippen LogP contribution in [0, 0.1) is 11.8 Å². The lowest BCUT2D eigenvalue weighted by Crippen LogP contribution is -2.29. The number of fused-ring (bicyclic) bond motifs is 1. The second-order valence-corrected chi connectivity index (χ2v) is 4.77. The molecule has 1 aromatic heterocycles. The van der Waals surface area contributed by atoms with Crippen LogP contribution in [0.4, 0.5) is 5.82 Å². The summed E-state index contributed by atoms with van der Waals surface area (Å²) in [5.74, 6) is 1.76. The number of anilines is 1. The zero-order chi connectivity index (χ0) is 13.4. The van der Waals surface area contributed by atoms with Crippen LogP contribution in [0.15, 0.2) is 6.07 Å². The summed E-state index contributed by atoms with van der Waals surface area (Å²) in [5, 5.41) is 2.89. The Morgan fingerprint density at radius 2 is 2.16 bits per heavy atom. The monoisotopic (exact) mass is 264 g/mol. The standard InChI is InChI=1S/C12H16N4O3/c1-18-10-3-9(14-12(15-10)19-2)16-5-7-4-13-11(17)8(7)6-16/h3,7-8H,4-6H2,1-2H3,(H,13,17)/t7-,8+/m0/s1. The fourth-order valence-corrected chi connectivity index (χ4v) is 2.68. The molecule has 2 saturated heterocycles. The topological polar surface area (TPSA) is 76.6 Å². The summed E-state index contributed by atoms with van der Waals surface area (Å²) in [6, 6.07) is 2.04. The van der Waals surface area contributed by atoms with E-state index in [9.17, 15) is 4.79 Å². The lowest BCUT2D eigenvalue weighted by molar-refractivity contribution is -0.122. The van der Waals surface area contributed by atoms with E-state index in [1.807, 2.05) is 0 Å². The van der Waals surface area contributed by atoms with Gasteiger partial charge in [-0.3, -0.25) is 4.79 Å². The minimum atomic E-state index is 0.0620. The summed E-state index contributed by atoms with van der Waals surface area (Å²) in [5.41, 5.74) is 0. The first-order valence-corrected chi connectivity index (χ1v) is 6.21. The molecule has 3 heterocycles. The smallest absolute Gasteiger partial charge is 0.321 e. The summed E-state index contributed by atoms with van der Waals surface area (Å²) in [6.45, 7) is 2.24. The Morgan fingerprint density at radius 1 is 1.32 bits per heavy atom. The molecule has 2 fully saturated rings. The maximum absolute atomic E-state index is 11.7. The highest BCUT2D eigenvalue weighted by atomic mass is 16.5. The molecule has 102 valence electrons. The van der Waals surface area contributed by atoms with E-state index in [4.69, 9.17) is 9.47 Å². The molecule has 0 bridgehead atoms. The van der Waals surface area contributed by atoms with E-state index in [-0.39, 0.29) is 17.8 Å². The number of rotatable bonds is 3. The van der Waals surface area contributed by atoms with Crippen molar-refractivity contribution in [3.8, 4) is 11.9 Å². The molecule has 1 aromatic rings. The normalized spacial score (nSPS) is 25.2. The summed E-state index contributed by atoms with van der Waals surface area (Å²) in [7, 11) is 3.07. The van der Waals surface area contributed by atoms with Gasteiger partial charge in [-0.25, -0.2) is 0 Å². The highest BCUT2D eigenvalue weighted by molar-refractivity contribution is 5.82. The van der Waals surface area contributed by atoms with Gasteiger partial charge in [-0.2, -0.15) is 9.97 Å². The van der Waals surface area contributed by atoms with Gasteiger partial charge in [0.1, 0.15) is 5.82 Å². The van der Waals surface area contributed by atoms with Gasteiger partial charge >= 0.3 is 6.01 Å². The van der Waals surface area contributed by atoms with Crippen LogP contribution in [0.2, 0.25) is 0 Å². The van der Waals surface area contributed by atoms with Gasteiger partial charge in [-0.05, 0) is 0 Å². The van der Waals surface area contributed by atoms with Crippen molar-refractivity contribution in [1.82, 2.24) is 15.3 Å². The second kappa shape index (κ2) is 4.56. The lowest BCUT2D eigenvalue weighted by Gasteiger charge is -2.19. The Bertz CT molecular complexity index is 485. The molecule has 2 aliphatic heterocycles. The van der Waals surface area contributed by atoms with Crippen molar-refractivity contribution in [3.05, 3.63) is 6.07 Å². The van der Waals surface area contributed by atoms with Crippen molar-refractivity contribution >= 4 is 11.7 Å². The number of nitrogens with one attached hydrogen (secondary N) is 1. The first-order valence-electron chi connectivity index (χ1n) is 6.21. The van der Waals surface area contributed by atoms with E-state index in [0.717, 1.165) is 18.9 Å². The molecule has 2 atom stereocenters. The zero-order valence-corrected chi connectivity index (χ0v) is 10.9. The fourth-order valence-electron chi connectivity index (χ4n) is 2.68. The summed E-state index contributed by atoms with van der Waals surface area (Å²) in [4.78, 5) is 22.1. The molecule has 2 aliphatic rings. The van der Waals surface area contributed by atoms with Gasteiger partial charge in [0, 0.05) is 31.6 Å². The van der Waals surface area contributed by atoms with E-state index < -0.39 is 0 Å². The lowest BCUT2D eigenvalue weighted by atomic mass is 10.0. The predicted octanol–water partition coefficient (Wildman–Crippen LogP) is -0.324. The molecule has 0 aliphatic carbocycles. The molecule has 19 heavy (non-hydrogen) atoms. The first kappa shape index (κ1) is 12.0. The Hall–Kier alpha value is -2.05. The van der Waals surface area contributed by atoms with E-state index in [2.05, 4.69) is 20.2 Å². The molecule has 1 amide bonds. The number of aromatic nitrogens is 2. The van der Waals surface area contributed by atoms with Gasteiger partial charge in [0.25, 0.3) is 0 Å². The van der Waals surface area contributed by atoms with Crippen molar-refractivity contribution in [2.75, 3.05) is 38.8 Å². The van der Waals surface area contributed by atoms with Crippen molar-refractivity contribution < 1.29 is 14.3 Å². The van der Waals surface area contributed by atoms with Crippen LogP contribution in [-0.4, -0.2) is 49.7 Å². The SMILES string of the molecule is COc1cc(N2C[C@@H]3CNC(=O)[C@@H]3C2)nc(OC)n1. The summed E-state index contributed by atoms with van der Waals surface area (Å²) in [6.07, 6.45) is 0. The highest BCUT2D eigenvalue weighted by Gasteiger charge is 2.42. The summed E-state index contributed by atoms with van der Waals surface area (Å²) < 4.78 is 10.2. The zero-order valence-electron chi connectivity index (χ0n) is 10.9. The van der Waals surface area contributed by atoms with Crippen LogP contribution in [0.5, 0.6) is 11.9 Å². The quantitative estimate of drug-likeness (QED) is 0.806. The van der Waals surface area contributed by atoms with Crippen LogP contribution in [-0.2, 0) is 4.79 Å². The Kier molecular flexibility index (Phi) is 2.88. The van der Waals surface area contributed by atoms with Crippen molar-refractivity contribution in [1.29, 1.82) is 0 Å². The van der Waals surface area contributed by atoms with Gasteiger partial charge in [0.2, 0.25) is 11.8 Å². The maximum atomic E-state index is 11.7. The van der Waals surface area contributed by atoms with Crippen molar-refractivity contribution in [2.24, 2.45) is 11.8 Å². The third-order valence-corrected chi connectivity index (χ3v) is 3.70. The van der Waals surface area contributed by atoms with Crippen molar-refractivity contribution in [2.45, 2.75) is 0 Å². The van der Waals surface area contributed by atoms with Gasteiger partial charge in [0.05, 0.1) is 20.1 Å². The molecule has 0 saturated carbocycles.